The molecule has 16 heavy (non-hydrogen) atoms. The number of nitrogens with zero attached hydrogens (tertiary/aromatic N) is 1. The van der Waals surface area contributed by atoms with Crippen molar-refractivity contribution in [1.82, 2.24) is 5.32 Å². The average molecular weight is 214 g/mol. The number of para-hydroxylation sites is 2. The molecule has 1 aromatic rings. The summed E-state index contributed by atoms with van der Waals surface area (Å²) in [6.45, 7) is 3.87. The van der Waals surface area contributed by atoms with E-state index in [1.54, 1.807) is 0 Å². The third-order valence-corrected chi connectivity index (χ3v) is 3.00. The topological polar surface area (TPSA) is 33.6 Å². The molecule has 82 valence electrons. The first-order valence-corrected chi connectivity index (χ1v) is 5.60. The van der Waals surface area contributed by atoms with Crippen molar-refractivity contribution in [2.24, 2.45) is 4.99 Å². The van der Waals surface area contributed by atoms with Gasteiger partial charge in [0.1, 0.15) is 11.4 Å². The molecule has 0 aliphatic carbocycles. The summed E-state index contributed by atoms with van der Waals surface area (Å²) in [6.07, 6.45) is 0.999. The minimum Gasteiger partial charge on any atom is -0.458 e. The maximum atomic E-state index is 5.93. The van der Waals surface area contributed by atoms with Crippen LogP contribution in [-0.4, -0.2) is 18.8 Å². The van der Waals surface area contributed by atoms with E-state index in [0.717, 1.165) is 42.4 Å². The largest absolute Gasteiger partial charge is 0.458 e. The van der Waals surface area contributed by atoms with Crippen LogP contribution in [-0.2, 0) is 0 Å². The first-order chi connectivity index (χ1) is 7.84. The van der Waals surface area contributed by atoms with Gasteiger partial charge in [-0.25, -0.2) is 4.99 Å². The van der Waals surface area contributed by atoms with Crippen LogP contribution in [0.5, 0.6) is 5.75 Å². The van der Waals surface area contributed by atoms with E-state index in [-0.39, 0.29) is 0 Å². The first kappa shape index (κ1) is 9.60. The molecule has 0 saturated carbocycles. The molecule has 0 fully saturated rings. The Morgan fingerprint density at radius 1 is 1.31 bits per heavy atom. The van der Waals surface area contributed by atoms with Gasteiger partial charge in [-0.3, -0.25) is 0 Å². The van der Waals surface area contributed by atoms with E-state index in [0.29, 0.717) is 0 Å². The molecule has 0 bridgehead atoms. The fourth-order valence-electron chi connectivity index (χ4n) is 2.16. The van der Waals surface area contributed by atoms with Crippen LogP contribution in [0.4, 0.5) is 5.69 Å². The van der Waals surface area contributed by atoms with Crippen molar-refractivity contribution in [3.05, 3.63) is 35.6 Å². The lowest BCUT2D eigenvalue weighted by Gasteiger charge is -2.19. The highest BCUT2D eigenvalue weighted by molar-refractivity contribution is 6.01. The van der Waals surface area contributed by atoms with E-state index in [4.69, 9.17) is 4.74 Å². The molecular weight excluding hydrogens is 200 g/mol. The molecule has 3 heteroatoms. The van der Waals surface area contributed by atoms with Crippen LogP contribution in [0.2, 0.25) is 0 Å². The van der Waals surface area contributed by atoms with Gasteiger partial charge < -0.3 is 10.1 Å². The van der Waals surface area contributed by atoms with Gasteiger partial charge in [0.25, 0.3) is 0 Å². The lowest BCUT2D eigenvalue weighted by Crippen LogP contribution is -2.29. The Bertz CT molecular complexity index is 488. The van der Waals surface area contributed by atoms with Crippen molar-refractivity contribution in [2.75, 3.05) is 13.1 Å². The van der Waals surface area contributed by atoms with Gasteiger partial charge in [0.2, 0.25) is 0 Å². The van der Waals surface area contributed by atoms with Crippen LogP contribution in [0.3, 0.4) is 0 Å². The molecule has 3 nitrogen and oxygen atoms in total. The maximum absolute atomic E-state index is 5.93. The van der Waals surface area contributed by atoms with Crippen LogP contribution in [0, 0.1) is 0 Å². The second-order valence-corrected chi connectivity index (χ2v) is 4.10. The fraction of sp³-hybridized carbons (Fsp3) is 0.308. The summed E-state index contributed by atoms with van der Waals surface area (Å²) in [5, 5.41) is 3.33. The molecule has 0 unspecified atom stereocenters. The van der Waals surface area contributed by atoms with Gasteiger partial charge in [-0.2, -0.15) is 0 Å². The summed E-state index contributed by atoms with van der Waals surface area (Å²) in [7, 11) is 0. The summed E-state index contributed by atoms with van der Waals surface area (Å²) >= 11 is 0. The van der Waals surface area contributed by atoms with Crippen LogP contribution in [0.15, 0.2) is 40.6 Å². The van der Waals surface area contributed by atoms with Gasteiger partial charge in [-0.15, -0.1) is 0 Å². The highest BCUT2D eigenvalue weighted by Gasteiger charge is 2.20. The highest BCUT2D eigenvalue weighted by atomic mass is 16.5. The summed E-state index contributed by atoms with van der Waals surface area (Å²) in [5.74, 6) is 1.88. The molecular formula is C13H14N2O. The SMILES string of the molecule is CC1=Nc2ccccc2OC2=C1CCNC2. The van der Waals surface area contributed by atoms with Gasteiger partial charge in [-0.05, 0) is 32.0 Å². The third kappa shape index (κ3) is 1.53. The quantitative estimate of drug-likeness (QED) is 0.719. The van der Waals surface area contributed by atoms with Gasteiger partial charge in [0.05, 0.1) is 6.54 Å². The van der Waals surface area contributed by atoms with Crippen LogP contribution in [0.1, 0.15) is 13.3 Å². The fourth-order valence-corrected chi connectivity index (χ4v) is 2.16. The standard InChI is InChI=1S/C13H14N2O/c1-9-10-6-7-14-8-13(10)16-12-5-3-2-4-11(12)15-9/h2-5,14H,6-8H2,1H3. The summed E-state index contributed by atoms with van der Waals surface area (Å²) < 4.78 is 5.93. The molecule has 3 rings (SSSR count). The zero-order valence-corrected chi connectivity index (χ0v) is 9.29. The Kier molecular flexibility index (Phi) is 2.26. The summed E-state index contributed by atoms with van der Waals surface area (Å²) in [6, 6.07) is 7.92. The summed E-state index contributed by atoms with van der Waals surface area (Å²) in [5.41, 5.74) is 3.27. The van der Waals surface area contributed by atoms with Crippen LogP contribution < -0.4 is 10.1 Å². The Balaban J connectivity index is 2.12. The Labute approximate surface area is 94.8 Å². The molecule has 0 atom stereocenters. The number of aliphatic imine (C=N–C) groups is 1. The van der Waals surface area contributed by atoms with Crippen molar-refractivity contribution >= 4 is 11.4 Å². The van der Waals surface area contributed by atoms with E-state index in [9.17, 15) is 0 Å². The lowest BCUT2D eigenvalue weighted by atomic mass is 10.0. The molecule has 1 N–H and O–H groups in total. The molecule has 2 heterocycles. The molecule has 0 saturated heterocycles. The van der Waals surface area contributed by atoms with E-state index in [1.165, 1.54) is 5.57 Å². The zero-order valence-electron chi connectivity index (χ0n) is 9.29. The Hall–Kier alpha value is -1.61. The second-order valence-electron chi connectivity index (χ2n) is 4.10. The van der Waals surface area contributed by atoms with Gasteiger partial charge in [-0.1, -0.05) is 12.1 Å². The molecule has 2 aliphatic heterocycles. The van der Waals surface area contributed by atoms with E-state index in [2.05, 4.69) is 17.2 Å². The zero-order chi connectivity index (χ0) is 11.0. The van der Waals surface area contributed by atoms with E-state index < -0.39 is 0 Å². The molecule has 0 spiro atoms. The minimum absolute atomic E-state index is 0.802. The van der Waals surface area contributed by atoms with Crippen molar-refractivity contribution in [3.8, 4) is 5.75 Å². The van der Waals surface area contributed by atoms with Crippen LogP contribution >= 0.6 is 0 Å². The predicted molar refractivity (Wildman–Crippen MR) is 64.4 cm³/mol. The second kappa shape index (κ2) is 3.76. The molecule has 2 aliphatic rings. The number of benzene rings is 1. The van der Waals surface area contributed by atoms with Gasteiger partial charge in [0.15, 0.2) is 5.75 Å². The third-order valence-electron chi connectivity index (χ3n) is 3.00. The molecule has 0 radical (unpaired) electrons. The number of hydrogen-bond donors (Lipinski definition) is 1. The first-order valence-electron chi connectivity index (χ1n) is 5.60. The number of ether oxygens (including phenoxy) is 1. The van der Waals surface area contributed by atoms with Crippen molar-refractivity contribution < 1.29 is 4.74 Å². The predicted octanol–water partition coefficient (Wildman–Crippen LogP) is 2.42. The average Bonchev–Trinajstić information content (AvgIpc) is 2.45. The monoisotopic (exact) mass is 214 g/mol. The number of hydrogen-bond acceptors (Lipinski definition) is 3. The molecule has 0 aromatic heterocycles. The van der Waals surface area contributed by atoms with Crippen molar-refractivity contribution in [3.63, 3.8) is 0 Å². The minimum atomic E-state index is 0.802. The van der Waals surface area contributed by atoms with Gasteiger partial charge in [0, 0.05) is 11.3 Å². The van der Waals surface area contributed by atoms with Crippen molar-refractivity contribution in [1.29, 1.82) is 0 Å². The normalized spacial score (nSPS) is 19.2. The highest BCUT2D eigenvalue weighted by Crippen LogP contribution is 2.33. The number of nitrogens with one attached hydrogen (secondary N) is 1. The van der Waals surface area contributed by atoms with E-state index >= 15 is 0 Å². The Morgan fingerprint density at radius 2 is 2.19 bits per heavy atom. The smallest absolute Gasteiger partial charge is 0.152 e. The van der Waals surface area contributed by atoms with E-state index in [1.807, 2.05) is 24.3 Å². The molecule has 0 amide bonds. The maximum Gasteiger partial charge on any atom is 0.152 e. The van der Waals surface area contributed by atoms with Crippen LogP contribution in [0.25, 0.3) is 0 Å². The van der Waals surface area contributed by atoms with Gasteiger partial charge >= 0.3 is 0 Å². The Morgan fingerprint density at radius 3 is 3.12 bits per heavy atom. The summed E-state index contributed by atoms with van der Waals surface area (Å²) in [4.78, 5) is 4.63. The number of rotatable bonds is 0. The number of fused-ring (bicyclic) bond motifs is 1. The van der Waals surface area contributed by atoms with Crippen molar-refractivity contribution in [2.45, 2.75) is 13.3 Å². The molecule has 1 aromatic carbocycles. The lowest BCUT2D eigenvalue weighted by molar-refractivity contribution is 0.390.